The molecule has 1 rings (SSSR count). The molecule has 0 radical (unpaired) electrons. The van der Waals surface area contributed by atoms with Gasteiger partial charge in [-0.05, 0) is 26.8 Å². The number of hydrogen-bond donors (Lipinski definition) is 2. The van der Waals surface area contributed by atoms with E-state index in [1.54, 1.807) is 0 Å². The fourth-order valence-electron chi connectivity index (χ4n) is 1.74. The third kappa shape index (κ3) is 4.57. The van der Waals surface area contributed by atoms with E-state index in [1.165, 1.54) is 19.1 Å². The molecule has 8 heteroatoms. The maximum absolute atomic E-state index is 11.3. The lowest BCUT2D eigenvalue weighted by atomic mass is 10.0. The number of halogens is 1. The minimum absolute atomic E-state index is 0.0537. The Kier molecular flexibility index (Phi) is 5.51. The summed E-state index contributed by atoms with van der Waals surface area (Å²) in [6, 6.07) is 3.69. The highest BCUT2D eigenvalue weighted by atomic mass is 35.5. The molecule has 7 nitrogen and oxygen atoms in total. The van der Waals surface area contributed by atoms with Crippen molar-refractivity contribution in [1.82, 2.24) is 5.32 Å². The first-order valence-corrected chi connectivity index (χ1v) is 6.61. The Morgan fingerprint density at radius 1 is 1.57 bits per heavy atom. The van der Waals surface area contributed by atoms with Crippen LogP contribution >= 0.6 is 11.6 Å². The summed E-state index contributed by atoms with van der Waals surface area (Å²) in [4.78, 5) is 21.4. The van der Waals surface area contributed by atoms with Crippen molar-refractivity contribution in [2.75, 3.05) is 6.61 Å². The minimum Gasteiger partial charge on any atom is -0.489 e. The Balaban J connectivity index is 2.86. The van der Waals surface area contributed by atoms with Gasteiger partial charge < -0.3 is 9.84 Å². The topological polar surface area (TPSA) is 102 Å². The number of benzene rings is 1. The lowest BCUT2D eigenvalue weighted by Crippen LogP contribution is -2.56. The zero-order valence-electron chi connectivity index (χ0n) is 11.9. The maximum atomic E-state index is 11.3. The van der Waals surface area contributed by atoms with E-state index in [1.807, 2.05) is 13.8 Å². The molecule has 0 aliphatic heterocycles. The van der Waals surface area contributed by atoms with Crippen molar-refractivity contribution < 1.29 is 19.6 Å². The van der Waals surface area contributed by atoms with Gasteiger partial charge in [-0.2, -0.15) is 0 Å². The highest BCUT2D eigenvalue weighted by Crippen LogP contribution is 2.29. The van der Waals surface area contributed by atoms with Gasteiger partial charge in [0, 0.05) is 18.2 Å². The first-order valence-electron chi connectivity index (χ1n) is 6.23. The van der Waals surface area contributed by atoms with Crippen LogP contribution in [0.3, 0.4) is 0 Å². The van der Waals surface area contributed by atoms with Crippen LogP contribution in [0.15, 0.2) is 18.2 Å². The van der Waals surface area contributed by atoms with Crippen LogP contribution in [0.4, 0.5) is 5.69 Å². The number of nitro benzene ring substituents is 1. The van der Waals surface area contributed by atoms with Crippen molar-refractivity contribution >= 4 is 23.3 Å². The van der Waals surface area contributed by atoms with Gasteiger partial charge in [-0.15, -0.1) is 0 Å². The molecule has 1 aromatic rings. The molecule has 0 saturated carbocycles. The standard InChI is InChI=1S/C13H17ClN2O5/c1-8(2)15-13(3,12(17)18)7-21-11-5-4-9(16(19)20)6-10(11)14/h4-6,8,15H,7H2,1-3H3,(H,17,18). The fourth-order valence-corrected chi connectivity index (χ4v) is 1.97. The summed E-state index contributed by atoms with van der Waals surface area (Å²) < 4.78 is 5.40. The van der Waals surface area contributed by atoms with Crippen molar-refractivity contribution in [3.05, 3.63) is 33.3 Å². The lowest BCUT2D eigenvalue weighted by Gasteiger charge is -2.28. The van der Waals surface area contributed by atoms with Crippen LogP contribution in [0.2, 0.25) is 5.02 Å². The second-order valence-corrected chi connectivity index (χ2v) is 5.50. The Bertz CT molecular complexity index is 549. The minimum atomic E-state index is -1.29. The summed E-state index contributed by atoms with van der Waals surface area (Å²) >= 11 is 5.89. The summed E-state index contributed by atoms with van der Waals surface area (Å²) in [7, 11) is 0. The average Bonchev–Trinajstić information content (AvgIpc) is 2.36. The van der Waals surface area contributed by atoms with E-state index in [0.717, 1.165) is 6.07 Å². The van der Waals surface area contributed by atoms with Crippen LogP contribution in [0.1, 0.15) is 20.8 Å². The van der Waals surface area contributed by atoms with Crippen molar-refractivity contribution in [2.24, 2.45) is 0 Å². The number of carboxylic acids is 1. The molecule has 0 saturated heterocycles. The molecule has 0 fully saturated rings. The molecule has 0 bridgehead atoms. The van der Waals surface area contributed by atoms with Gasteiger partial charge in [-0.1, -0.05) is 11.6 Å². The number of non-ortho nitro benzene ring substituents is 1. The number of ether oxygens (including phenoxy) is 1. The molecule has 21 heavy (non-hydrogen) atoms. The lowest BCUT2D eigenvalue weighted by molar-refractivity contribution is -0.384. The Labute approximate surface area is 127 Å². The van der Waals surface area contributed by atoms with E-state index in [4.69, 9.17) is 16.3 Å². The molecule has 1 unspecified atom stereocenters. The molecule has 0 spiro atoms. The summed E-state index contributed by atoms with van der Waals surface area (Å²) in [6.45, 7) is 4.97. The van der Waals surface area contributed by atoms with E-state index in [2.05, 4.69) is 5.32 Å². The summed E-state index contributed by atoms with van der Waals surface area (Å²) in [5.41, 5.74) is -1.45. The highest BCUT2D eigenvalue weighted by molar-refractivity contribution is 6.32. The van der Waals surface area contributed by atoms with E-state index in [9.17, 15) is 20.0 Å². The van der Waals surface area contributed by atoms with Crippen molar-refractivity contribution in [1.29, 1.82) is 0 Å². The SMILES string of the molecule is CC(C)NC(C)(COc1ccc([N+](=O)[O-])cc1Cl)C(=O)O. The van der Waals surface area contributed by atoms with Crippen LogP contribution in [-0.2, 0) is 4.79 Å². The second kappa shape index (κ2) is 6.73. The van der Waals surface area contributed by atoms with Gasteiger partial charge in [0.2, 0.25) is 0 Å². The molecule has 0 aliphatic rings. The monoisotopic (exact) mass is 316 g/mol. The van der Waals surface area contributed by atoms with E-state index < -0.39 is 16.4 Å². The Morgan fingerprint density at radius 2 is 2.19 bits per heavy atom. The average molecular weight is 317 g/mol. The summed E-state index contributed by atoms with van der Waals surface area (Å²) in [5, 5.41) is 22.8. The number of carboxylic acid groups (broad SMARTS) is 1. The number of nitrogens with zero attached hydrogens (tertiary/aromatic N) is 1. The van der Waals surface area contributed by atoms with Gasteiger partial charge in [0.25, 0.3) is 5.69 Å². The van der Waals surface area contributed by atoms with Crippen LogP contribution < -0.4 is 10.1 Å². The van der Waals surface area contributed by atoms with E-state index in [0.29, 0.717) is 0 Å². The zero-order chi connectivity index (χ0) is 16.2. The third-order valence-electron chi connectivity index (χ3n) is 2.72. The van der Waals surface area contributed by atoms with Gasteiger partial charge in [0.05, 0.1) is 9.95 Å². The zero-order valence-corrected chi connectivity index (χ0v) is 12.7. The van der Waals surface area contributed by atoms with Gasteiger partial charge in [-0.3, -0.25) is 20.2 Å². The van der Waals surface area contributed by atoms with Crippen LogP contribution in [0, 0.1) is 10.1 Å². The highest BCUT2D eigenvalue weighted by Gasteiger charge is 2.34. The number of carbonyl (C=O) groups is 1. The number of nitrogens with one attached hydrogen (secondary N) is 1. The molecule has 1 aromatic carbocycles. The van der Waals surface area contributed by atoms with Gasteiger partial charge in [0.15, 0.2) is 0 Å². The fraction of sp³-hybridized carbons (Fsp3) is 0.462. The molecular weight excluding hydrogens is 300 g/mol. The predicted octanol–water partition coefficient (Wildman–Crippen LogP) is 2.47. The number of nitro groups is 1. The smallest absolute Gasteiger partial charge is 0.327 e. The Hall–Kier alpha value is -1.86. The van der Waals surface area contributed by atoms with Crippen LogP contribution in [0.25, 0.3) is 0 Å². The first kappa shape index (κ1) is 17.2. The normalized spacial score (nSPS) is 13.8. The van der Waals surface area contributed by atoms with Gasteiger partial charge in [-0.25, -0.2) is 0 Å². The Morgan fingerprint density at radius 3 is 2.62 bits per heavy atom. The van der Waals surface area contributed by atoms with Crippen LogP contribution in [-0.4, -0.2) is 34.2 Å². The quantitative estimate of drug-likeness (QED) is 0.592. The molecule has 0 aromatic heterocycles. The number of hydrogen-bond acceptors (Lipinski definition) is 5. The first-order chi connectivity index (χ1) is 9.65. The van der Waals surface area contributed by atoms with E-state index >= 15 is 0 Å². The molecule has 1 atom stereocenters. The molecule has 2 N–H and O–H groups in total. The number of aliphatic carboxylic acids is 1. The second-order valence-electron chi connectivity index (χ2n) is 5.10. The van der Waals surface area contributed by atoms with Crippen molar-refractivity contribution in [3.8, 4) is 5.75 Å². The van der Waals surface area contributed by atoms with Crippen molar-refractivity contribution in [3.63, 3.8) is 0 Å². The summed E-state index contributed by atoms with van der Waals surface area (Å²) in [5.74, 6) is -0.866. The predicted molar refractivity (Wildman–Crippen MR) is 77.9 cm³/mol. The molecule has 116 valence electrons. The molecule has 0 amide bonds. The van der Waals surface area contributed by atoms with Gasteiger partial charge >= 0.3 is 5.97 Å². The van der Waals surface area contributed by atoms with Gasteiger partial charge in [0.1, 0.15) is 17.9 Å². The number of rotatable bonds is 7. The molecule has 0 heterocycles. The molecular formula is C13H17ClN2O5. The van der Waals surface area contributed by atoms with Crippen LogP contribution in [0.5, 0.6) is 5.75 Å². The maximum Gasteiger partial charge on any atom is 0.327 e. The largest absolute Gasteiger partial charge is 0.489 e. The van der Waals surface area contributed by atoms with Crippen molar-refractivity contribution in [2.45, 2.75) is 32.4 Å². The molecule has 0 aliphatic carbocycles. The third-order valence-corrected chi connectivity index (χ3v) is 3.02. The summed E-state index contributed by atoms with van der Waals surface area (Å²) in [6.07, 6.45) is 0. The van der Waals surface area contributed by atoms with E-state index in [-0.39, 0.29) is 29.1 Å².